The number of nitrogens with two attached hydrogens (primary N) is 1. The largest absolute Gasteiger partial charge is 0.381 e. The summed E-state index contributed by atoms with van der Waals surface area (Å²) in [5.41, 5.74) is 0.546. The summed E-state index contributed by atoms with van der Waals surface area (Å²) < 4.78 is 22.3. The molecule has 14 heavy (non-hydrogen) atoms. The minimum Gasteiger partial charge on any atom is -0.381 e. The second kappa shape index (κ2) is 3.21. The normalized spacial score (nSPS) is 16.6. The number of pyridine rings is 1. The van der Waals surface area contributed by atoms with Gasteiger partial charge in [-0.05, 0) is 18.9 Å². The first-order valence-corrected chi connectivity index (χ1v) is 5.85. The molecule has 0 atom stereocenters. The zero-order chi connectivity index (χ0) is 10.2. The Balaban J connectivity index is 2.37. The van der Waals surface area contributed by atoms with E-state index < -0.39 is 10.0 Å². The van der Waals surface area contributed by atoms with Gasteiger partial charge >= 0.3 is 0 Å². The van der Waals surface area contributed by atoms with Gasteiger partial charge in [-0.25, -0.2) is 13.6 Å². The summed E-state index contributed by atoms with van der Waals surface area (Å²) in [6.07, 6.45) is 4.96. The van der Waals surface area contributed by atoms with Crippen molar-refractivity contribution in [2.24, 2.45) is 5.14 Å². The van der Waals surface area contributed by atoms with Gasteiger partial charge in [0.25, 0.3) is 0 Å². The molecule has 0 aromatic carbocycles. The number of aromatic nitrogens is 1. The van der Waals surface area contributed by atoms with E-state index in [-0.39, 0.29) is 4.90 Å². The molecule has 1 heterocycles. The van der Waals surface area contributed by atoms with Crippen LogP contribution in [0.25, 0.3) is 0 Å². The molecule has 0 bridgehead atoms. The first-order valence-electron chi connectivity index (χ1n) is 4.31. The summed E-state index contributed by atoms with van der Waals surface area (Å²) in [5, 5.41) is 8.14. The molecule has 5 nitrogen and oxygen atoms in total. The average Bonchev–Trinajstić information content (AvgIpc) is 2.87. The Kier molecular flexibility index (Phi) is 2.16. The Hall–Kier alpha value is -1.14. The summed E-state index contributed by atoms with van der Waals surface area (Å²) in [6, 6.07) is 2.01. The van der Waals surface area contributed by atoms with Crippen molar-refractivity contribution in [2.45, 2.75) is 23.8 Å². The summed E-state index contributed by atoms with van der Waals surface area (Å²) in [7, 11) is -3.68. The van der Waals surface area contributed by atoms with E-state index in [1.165, 1.54) is 6.20 Å². The molecule has 0 spiro atoms. The lowest BCUT2D eigenvalue weighted by Crippen LogP contribution is -2.16. The van der Waals surface area contributed by atoms with Gasteiger partial charge < -0.3 is 5.32 Å². The Morgan fingerprint density at radius 2 is 2.21 bits per heavy atom. The highest BCUT2D eigenvalue weighted by atomic mass is 32.2. The molecule has 3 N–H and O–H groups in total. The van der Waals surface area contributed by atoms with Gasteiger partial charge in [0.05, 0.1) is 5.69 Å². The smallest absolute Gasteiger partial charge is 0.241 e. The maximum Gasteiger partial charge on any atom is 0.241 e. The molecule has 1 aliphatic carbocycles. The van der Waals surface area contributed by atoms with E-state index in [1.807, 2.05) is 0 Å². The van der Waals surface area contributed by atoms with E-state index in [0.29, 0.717) is 11.7 Å². The highest BCUT2D eigenvalue weighted by Gasteiger charge is 2.23. The van der Waals surface area contributed by atoms with Crippen molar-refractivity contribution in [3.05, 3.63) is 18.5 Å². The van der Waals surface area contributed by atoms with E-state index >= 15 is 0 Å². The molecular formula is C8H11N3O2S. The lowest BCUT2D eigenvalue weighted by Gasteiger charge is -2.08. The molecule has 0 aliphatic heterocycles. The summed E-state index contributed by atoms with van der Waals surface area (Å²) >= 11 is 0. The molecule has 76 valence electrons. The van der Waals surface area contributed by atoms with E-state index in [2.05, 4.69) is 10.3 Å². The Morgan fingerprint density at radius 1 is 1.50 bits per heavy atom. The minimum atomic E-state index is -3.68. The number of hydrogen-bond acceptors (Lipinski definition) is 4. The summed E-state index contributed by atoms with van der Waals surface area (Å²) in [6.45, 7) is 0. The van der Waals surface area contributed by atoms with Gasteiger partial charge in [0.15, 0.2) is 0 Å². The molecule has 1 aromatic rings. The van der Waals surface area contributed by atoms with Crippen LogP contribution in [0.2, 0.25) is 0 Å². The standard InChI is InChI=1S/C8H11N3O2S/c9-14(12,13)8-5-10-4-3-7(8)11-6-1-2-6/h3-6H,1-2H2,(H,10,11)(H2,9,12,13). The molecule has 1 fully saturated rings. The van der Waals surface area contributed by atoms with Crippen LogP contribution in [-0.4, -0.2) is 19.4 Å². The molecule has 1 aromatic heterocycles. The maximum absolute atomic E-state index is 11.2. The lowest BCUT2D eigenvalue weighted by molar-refractivity contribution is 0.597. The number of nitrogens with one attached hydrogen (secondary N) is 1. The molecule has 1 saturated carbocycles. The van der Waals surface area contributed by atoms with Crippen LogP contribution >= 0.6 is 0 Å². The van der Waals surface area contributed by atoms with Crippen LogP contribution in [0.5, 0.6) is 0 Å². The molecule has 0 amide bonds. The fourth-order valence-corrected chi connectivity index (χ4v) is 1.81. The number of hydrogen-bond donors (Lipinski definition) is 2. The highest BCUT2D eigenvalue weighted by molar-refractivity contribution is 7.89. The Labute approximate surface area is 82.4 Å². The second-order valence-corrected chi connectivity index (χ2v) is 4.87. The predicted octanol–water partition coefficient (Wildman–Crippen LogP) is 0.303. The molecular weight excluding hydrogens is 202 g/mol. The third-order valence-electron chi connectivity index (χ3n) is 2.03. The average molecular weight is 213 g/mol. The monoisotopic (exact) mass is 213 g/mol. The van der Waals surface area contributed by atoms with Gasteiger partial charge in [-0.2, -0.15) is 0 Å². The molecule has 6 heteroatoms. The van der Waals surface area contributed by atoms with Crippen molar-refractivity contribution in [3.63, 3.8) is 0 Å². The molecule has 1 aliphatic rings. The Morgan fingerprint density at radius 3 is 2.79 bits per heavy atom. The van der Waals surface area contributed by atoms with Crippen LogP contribution < -0.4 is 10.5 Å². The van der Waals surface area contributed by atoms with Gasteiger partial charge in [-0.3, -0.25) is 4.98 Å². The zero-order valence-electron chi connectivity index (χ0n) is 7.47. The number of anilines is 1. The minimum absolute atomic E-state index is 0.0619. The van der Waals surface area contributed by atoms with Crippen molar-refractivity contribution in [1.29, 1.82) is 0 Å². The van der Waals surface area contributed by atoms with Crippen molar-refractivity contribution in [3.8, 4) is 0 Å². The van der Waals surface area contributed by atoms with Gasteiger partial charge in [0.2, 0.25) is 10.0 Å². The van der Waals surface area contributed by atoms with Crippen molar-refractivity contribution in [2.75, 3.05) is 5.32 Å². The van der Waals surface area contributed by atoms with E-state index in [9.17, 15) is 8.42 Å². The van der Waals surface area contributed by atoms with Gasteiger partial charge in [-0.1, -0.05) is 0 Å². The van der Waals surface area contributed by atoms with Gasteiger partial charge in [-0.15, -0.1) is 0 Å². The number of primary sulfonamides is 1. The van der Waals surface area contributed by atoms with Crippen molar-refractivity contribution in [1.82, 2.24) is 4.98 Å². The van der Waals surface area contributed by atoms with Gasteiger partial charge in [0, 0.05) is 18.4 Å². The molecule has 0 radical (unpaired) electrons. The Bertz CT molecular complexity index is 440. The van der Waals surface area contributed by atoms with E-state index in [4.69, 9.17) is 5.14 Å². The fraction of sp³-hybridized carbons (Fsp3) is 0.375. The van der Waals surface area contributed by atoms with Gasteiger partial charge in [0.1, 0.15) is 4.90 Å². The fourth-order valence-electron chi connectivity index (χ4n) is 1.17. The number of rotatable bonds is 3. The first-order chi connectivity index (χ1) is 6.57. The van der Waals surface area contributed by atoms with Crippen molar-refractivity contribution < 1.29 is 8.42 Å². The van der Waals surface area contributed by atoms with Crippen LogP contribution in [-0.2, 0) is 10.0 Å². The van der Waals surface area contributed by atoms with Crippen LogP contribution in [0.15, 0.2) is 23.4 Å². The molecule has 0 saturated heterocycles. The van der Waals surface area contributed by atoms with Crippen LogP contribution in [0.1, 0.15) is 12.8 Å². The second-order valence-electron chi connectivity index (χ2n) is 3.34. The predicted molar refractivity (Wildman–Crippen MR) is 52.3 cm³/mol. The topological polar surface area (TPSA) is 85.1 Å². The van der Waals surface area contributed by atoms with Crippen LogP contribution in [0, 0.1) is 0 Å². The number of sulfonamides is 1. The van der Waals surface area contributed by atoms with E-state index in [0.717, 1.165) is 12.8 Å². The van der Waals surface area contributed by atoms with E-state index in [1.54, 1.807) is 12.3 Å². The van der Waals surface area contributed by atoms with Crippen LogP contribution in [0.3, 0.4) is 0 Å². The third kappa shape index (κ3) is 2.02. The zero-order valence-corrected chi connectivity index (χ0v) is 8.29. The summed E-state index contributed by atoms with van der Waals surface area (Å²) in [4.78, 5) is 3.80. The highest BCUT2D eigenvalue weighted by Crippen LogP contribution is 2.27. The lowest BCUT2D eigenvalue weighted by atomic mass is 10.4. The quantitative estimate of drug-likeness (QED) is 0.756. The SMILES string of the molecule is NS(=O)(=O)c1cnccc1NC1CC1. The summed E-state index contributed by atoms with van der Waals surface area (Å²) in [5.74, 6) is 0. The maximum atomic E-state index is 11.2. The van der Waals surface area contributed by atoms with Crippen molar-refractivity contribution >= 4 is 15.7 Å². The number of nitrogens with zero attached hydrogens (tertiary/aromatic N) is 1. The first kappa shape index (κ1) is 9.42. The molecule has 0 unspecified atom stereocenters. The van der Waals surface area contributed by atoms with Crippen LogP contribution in [0.4, 0.5) is 5.69 Å². The molecule has 2 rings (SSSR count). The third-order valence-corrected chi connectivity index (χ3v) is 2.97.